The molecule has 3 aromatic rings. The Morgan fingerprint density at radius 1 is 0.773 bits per heavy atom. The van der Waals surface area contributed by atoms with Crippen LogP contribution in [0.3, 0.4) is 0 Å². The van der Waals surface area contributed by atoms with Gasteiger partial charge in [-0.15, -0.1) is 0 Å². The van der Waals surface area contributed by atoms with Gasteiger partial charge in [0.15, 0.2) is 0 Å². The number of carbonyl (C=O) groups is 1. The summed E-state index contributed by atoms with van der Waals surface area (Å²) in [5.74, 6) is -1.09. The zero-order chi connectivity index (χ0) is 15.7. The van der Waals surface area contributed by atoms with Gasteiger partial charge in [-0.25, -0.2) is 13.2 Å². The molecule has 5 heteroatoms. The maximum atomic E-state index is 12.6. The van der Waals surface area contributed by atoms with Crippen LogP contribution in [0, 0.1) is 0 Å². The number of hydrogen-bond donors (Lipinski definition) is 1. The van der Waals surface area contributed by atoms with Gasteiger partial charge in [0, 0.05) is 0 Å². The maximum Gasteiger partial charge on any atom is 0.335 e. The van der Waals surface area contributed by atoms with E-state index in [0.717, 1.165) is 10.8 Å². The number of rotatable bonds is 3. The molecule has 0 spiro atoms. The number of carboxylic acid groups (broad SMARTS) is 1. The smallest absolute Gasteiger partial charge is 0.335 e. The van der Waals surface area contributed by atoms with Crippen molar-refractivity contribution in [1.29, 1.82) is 0 Å². The summed E-state index contributed by atoms with van der Waals surface area (Å²) in [7, 11) is -3.67. The van der Waals surface area contributed by atoms with Crippen LogP contribution in [0.1, 0.15) is 10.4 Å². The van der Waals surface area contributed by atoms with Gasteiger partial charge in [0.25, 0.3) is 0 Å². The quantitative estimate of drug-likeness (QED) is 0.805. The molecule has 0 amide bonds. The summed E-state index contributed by atoms with van der Waals surface area (Å²) in [6.45, 7) is 0. The first-order valence-corrected chi connectivity index (χ1v) is 8.04. The summed E-state index contributed by atoms with van der Waals surface area (Å²) < 4.78 is 25.2. The van der Waals surface area contributed by atoms with Crippen LogP contribution in [-0.4, -0.2) is 19.5 Å². The van der Waals surface area contributed by atoms with Crippen molar-refractivity contribution in [3.63, 3.8) is 0 Å². The van der Waals surface area contributed by atoms with Gasteiger partial charge < -0.3 is 5.11 Å². The molecule has 110 valence electrons. The number of hydrogen-bond acceptors (Lipinski definition) is 3. The molecule has 4 nitrogen and oxygen atoms in total. The van der Waals surface area contributed by atoms with Crippen LogP contribution >= 0.6 is 0 Å². The van der Waals surface area contributed by atoms with Crippen LogP contribution in [0.25, 0.3) is 10.8 Å². The highest BCUT2D eigenvalue weighted by molar-refractivity contribution is 7.91. The minimum atomic E-state index is -3.67. The Balaban J connectivity index is 2.09. The van der Waals surface area contributed by atoms with Crippen LogP contribution in [0.15, 0.2) is 76.5 Å². The van der Waals surface area contributed by atoms with Gasteiger partial charge in [0.1, 0.15) is 0 Å². The molecule has 0 radical (unpaired) electrons. The highest BCUT2D eigenvalue weighted by Crippen LogP contribution is 2.25. The van der Waals surface area contributed by atoms with Crippen LogP contribution in [0.5, 0.6) is 0 Å². The fraction of sp³-hybridized carbons (Fsp3) is 0. The molecule has 0 aliphatic rings. The molecular formula is C17H12O4S. The van der Waals surface area contributed by atoms with Crippen molar-refractivity contribution in [1.82, 2.24) is 0 Å². The highest BCUT2D eigenvalue weighted by Gasteiger charge is 2.18. The maximum absolute atomic E-state index is 12.6. The Kier molecular flexibility index (Phi) is 3.42. The summed E-state index contributed by atoms with van der Waals surface area (Å²) in [5.41, 5.74) is 0.0532. The van der Waals surface area contributed by atoms with Crippen LogP contribution in [-0.2, 0) is 9.84 Å². The Bertz CT molecular complexity index is 957. The zero-order valence-electron chi connectivity index (χ0n) is 11.4. The van der Waals surface area contributed by atoms with E-state index < -0.39 is 15.8 Å². The van der Waals surface area contributed by atoms with E-state index in [1.54, 1.807) is 18.2 Å². The average molecular weight is 312 g/mol. The lowest BCUT2D eigenvalue weighted by Crippen LogP contribution is -2.03. The molecule has 0 aromatic heterocycles. The molecule has 0 heterocycles. The number of benzene rings is 3. The summed E-state index contributed by atoms with van der Waals surface area (Å²) in [6.07, 6.45) is 0. The van der Waals surface area contributed by atoms with E-state index in [-0.39, 0.29) is 15.4 Å². The van der Waals surface area contributed by atoms with Crippen molar-refractivity contribution in [3.8, 4) is 0 Å². The van der Waals surface area contributed by atoms with Crippen molar-refractivity contribution >= 4 is 26.6 Å². The molecule has 3 rings (SSSR count). The molecule has 3 aromatic carbocycles. The zero-order valence-corrected chi connectivity index (χ0v) is 12.2. The molecule has 0 aliphatic heterocycles. The van der Waals surface area contributed by atoms with Gasteiger partial charge in [-0.1, -0.05) is 30.3 Å². The van der Waals surface area contributed by atoms with Gasteiger partial charge in [-0.05, 0) is 47.2 Å². The van der Waals surface area contributed by atoms with Gasteiger partial charge in [-0.2, -0.15) is 0 Å². The third kappa shape index (κ3) is 2.46. The van der Waals surface area contributed by atoms with Crippen LogP contribution in [0.4, 0.5) is 0 Å². The van der Waals surface area contributed by atoms with Gasteiger partial charge in [-0.3, -0.25) is 0 Å². The molecular weight excluding hydrogens is 300 g/mol. The Morgan fingerprint density at radius 2 is 1.36 bits per heavy atom. The fourth-order valence-corrected chi connectivity index (χ4v) is 3.54. The molecule has 0 aliphatic carbocycles. The first kappa shape index (κ1) is 14.3. The third-order valence-electron chi connectivity index (χ3n) is 3.44. The second-order valence-corrected chi connectivity index (χ2v) is 6.79. The molecule has 0 atom stereocenters. The molecule has 22 heavy (non-hydrogen) atoms. The van der Waals surface area contributed by atoms with Gasteiger partial charge in [0.05, 0.1) is 15.4 Å². The van der Waals surface area contributed by atoms with Crippen molar-refractivity contribution in [2.24, 2.45) is 0 Å². The van der Waals surface area contributed by atoms with E-state index in [2.05, 4.69) is 0 Å². The number of sulfone groups is 1. The average Bonchev–Trinajstić information content (AvgIpc) is 2.54. The summed E-state index contributed by atoms with van der Waals surface area (Å²) in [6, 6.07) is 17.6. The Hall–Kier alpha value is -2.66. The minimum Gasteiger partial charge on any atom is -0.478 e. The lowest BCUT2D eigenvalue weighted by Gasteiger charge is -2.06. The third-order valence-corrected chi connectivity index (χ3v) is 5.21. The standard InChI is InChI=1S/C17H12O4S/c18-17(19)13-6-8-15(9-7-13)22(20,21)16-10-5-12-3-1-2-4-14(12)11-16/h1-11H,(H,18,19). The van der Waals surface area contributed by atoms with Crippen molar-refractivity contribution in [2.75, 3.05) is 0 Å². The van der Waals surface area contributed by atoms with E-state index in [0.29, 0.717) is 0 Å². The number of aromatic carboxylic acids is 1. The highest BCUT2D eigenvalue weighted by atomic mass is 32.2. The summed E-state index contributed by atoms with van der Waals surface area (Å²) in [4.78, 5) is 11.1. The van der Waals surface area contributed by atoms with Gasteiger partial charge >= 0.3 is 5.97 Å². The first-order valence-electron chi connectivity index (χ1n) is 6.56. The largest absolute Gasteiger partial charge is 0.478 e. The first-order chi connectivity index (χ1) is 10.5. The summed E-state index contributed by atoms with van der Waals surface area (Å²) >= 11 is 0. The second kappa shape index (κ2) is 5.27. The van der Waals surface area contributed by atoms with E-state index in [4.69, 9.17) is 5.11 Å². The lowest BCUT2D eigenvalue weighted by molar-refractivity contribution is 0.0696. The number of fused-ring (bicyclic) bond motifs is 1. The van der Waals surface area contributed by atoms with Crippen LogP contribution in [0.2, 0.25) is 0 Å². The molecule has 0 fully saturated rings. The molecule has 1 N–H and O–H groups in total. The molecule has 0 saturated heterocycles. The molecule has 0 saturated carbocycles. The topological polar surface area (TPSA) is 71.4 Å². The van der Waals surface area contributed by atoms with Crippen molar-refractivity contribution in [3.05, 3.63) is 72.3 Å². The number of carboxylic acids is 1. The summed E-state index contributed by atoms with van der Waals surface area (Å²) in [5, 5.41) is 10.7. The minimum absolute atomic E-state index is 0.0532. The SMILES string of the molecule is O=C(O)c1ccc(S(=O)(=O)c2ccc3ccccc3c2)cc1. The van der Waals surface area contributed by atoms with E-state index in [1.807, 2.05) is 24.3 Å². The predicted octanol–water partition coefficient (Wildman–Crippen LogP) is 3.37. The van der Waals surface area contributed by atoms with E-state index in [9.17, 15) is 13.2 Å². The second-order valence-electron chi connectivity index (χ2n) is 4.84. The Labute approximate surface area is 127 Å². The van der Waals surface area contributed by atoms with Crippen LogP contribution < -0.4 is 0 Å². The molecule has 0 bridgehead atoms. The van der Waals surface area contributed by atoms with Crippen molar-refractivity contribution in [2.45, 2.75) is 9.79 Å². The fourth-order valence-electron chi connectivity index (χ4n) is 2.25. The predicted molar refractivity (Wildman–Crippen MR) is 82.8 cm³/mol. The van der Waals surface area contributed by atoms with E-state index in [1.165, 1.54) is 24.3 Å². The normalized spacial score (nSPS) is 11.5. The monoisotopic (exact) mass is 312 g/mol. The molecule has 0 unspecified atom stereocenters. The van der Waals surface area contributed by atoms with E-state index >= 15 is 0 Å². The van der Waals surface area contributed by atoms with Crippen molar-refractivity contribution < 1.29 is 18.3 Å². The lowest BCUT2D eigenvalue weighted by atomic mass is 10.1. The van der Waals surface area contributed by atoms with Gasteiger partial charge in [0.2, 0.25) is 9.84 Å². The Morgan fingerprint density at radius 3 is 2.00 bits per heavy atom.